The second-order valence-corrected chi connectivity index (χ2v) is 9.87. The highest BCUT2D eigenvalue weighted by Crippen LogP contribution is 2.38. The van der Waals surface area contributed by atoms with Crippen LogP contribution in [0.15, 0.2) is 98.4 Å². The molecule has 7 heteroatoms. The number of benzene rings is 3. The Morgan fingerprint density at radius 1 is 0.741 bits per heavy atom. The quantitative estimate of drug-likeness (QED) is 0.555. The summed E-state index contributed by atoms with van der Waals surface area (Å²) in [7, 11) is -4.79. The van der Waals surface area contributed by atoms with Gasteiger partial charge in [-0.2, -0.15) is 13.2 Å². The maximum atomic E-state index is 13.6. The van der Waals surface area contributed by atoms with Crippen LogP contribution in [0.5, 0.6) is 0 Å². The molecule has 0 aromatic heterocycles. The normalized spacial score (nSPS) is 12.3. The van der Waals surface area contributed by atoms with Crippen molar-refractivity contribution < 1.29 is 21.6 Å². The lowest BCUT2D eigenvalue weighted by Gasteiger charge is -2.14. The summed E-state index contributed by atoms with van der Waals surface area (Å²) >= 11 is 0. The Morgan fingerprint density at radius 3 is 1.63 bits per heavy atom. The highest BCUT2D eigenvalue weighted by molar-refractivity contribution is 7.97. The monoisotopic (exact) mass is 409 g/mol. The zero-order valence-corrected chi connectivity index (χ0v) is 15.9. The van der Waals surface area contributed by atoms with E-state index in [9.17, 15) is 21.6 Å². The lowest BCUT2D eigenvalue weighted by Crippen LogP contribution is -2.14. The van der Waals surface area contributed by atoms with E-state index in [1.54, 1.807) is 0 Å². The molecule has 0 aliphatic heterocycles. The van der Waals surface area contributed by atoms with Gasteiger partial charge in [0.15, 0.2) is 24.5 Å². The van der Waals surface area contributed by atoms with Crippen LogP contribution in [0, 0.1) is 0 Å². The minimum Gasteiger partial charge on any atom is -0.224 e. The number of halogens is 3. The molecule has 0 atom stereocenters. The molecule has 140 valence electrons. The molecule has 0 aliphatic rings. The van der Waals surface area contributed by atoms with Crippen molar-refractivity contribution in [2.45, 2.75) is 25.8 Å². The molecular weight excluding hydrogens is 393 g/mol. The molecule has 0 saturated heterocycles. The molecule has 27 heavy (non-hydrogen) atoms. The summed E-state index contributed by atoms with van der Waals surface area (Å²) in [5, 5.41) is 0. The molecule has 3 aromatic carbocycles. The lowest BCUT2D eigenvalue weighted by atomic mass is 10.2. The van der Waals surface area contributed by atoms with Gasteiger partial charge in [0.2, 0.25) is 0 Å². The number of alkyl halides is 3. The van der Waals surface area contributed by atoms with Crippen LogP contribution in [0.3, 0.4) is 0 Å². The van der Waals surface area contributed by atoms with Crippen molar-refractivity contribution in [2.24, 2.45) is 0 Å². The summed E-state index contributed by atoms with van der Waals surface area (Å²) < 4.78 is 64.3. The summed E-state index contributed by atoms with van der Waals surface area (Å²) in [6.07, 6.45) is -3.98. The summed E-state index contributed by atoms with van der Waals surface area (Å²) in [6.45, 7) is 0. The van der Waals surface area contributed by atoms with Crippen LogP contribution in [-0.4, -0.2) is 14.7 Å². The van der Waals surface area contributed by atoms with E-state index in [1.807, 2.05) is 60.7 Å². The molecular formula is C20H16F3O2S2+. The Kier molecular flexibility index (Phi) is 5.35. The van der Waals surface area contributed by atoms with Gasteiger partial charge in [-0.15, -0.1) is 0 Å². The Hall–Kier alpha value is -2.25. The van der Waals surface area contributed by atoms with Crippen LogP contribution in [-0.2, 0) is 26.9 Å². The van der Waals surface area contributed by atoms with Crippen LogP contribution in [0.4, 0.5) is 13.2 Å². The van der Waals surface area contributed by atoms with E-state index in [1.165, 1.54) is 6.07 Å². The molecule has 0 radical (unpaired) electrons. The molecule has 0 N–H and O–H groups in total. The summed E-state index contributed by atoms with van der Waals surface area (Å²) in [6, 6.07) is 21.9. The van der Waals surface area contributed by atoms with E-state index in [-0.39, 0.29) is 0 Å². The van der Waals surface area contributed by atoms with E-state index in [0.717, 1.165) is 28.2 Å². The average Bonchev–Trinajstić information content (AvgIpc) is 2.62. The van der Waals surface area contributed by atoms with Gasteiger partial charge in [-0.3, -0.25) is 0 Å². The smallest absolute Gasteiger partial charge is 0.224 e. The topological polar surface area (TPSA) is 34.1 Å². The number of sulfone groups is 1. The van der Waals surface area contributed by atoms with Crippen molar-refractivity contribution in [3.05, 3.63) is 84.4 Å². The van der Waals surface area contributed by atoms with Gasteiger partial charge in [0.1, 0.15) is 0 Å². The standard InChI is InChI=1S/C20H16F3O2S2/c1-27(24,25)19-13-12-17(14-18(19)20(21,22)23)26(15-8-4-2-5-9-15)16-10-6-3-7-11-16/h2-14H,1H3/q+1. The Labute approximate surface area is 158 Å². The Bertz CT molecular complexity index is 992. The highest BCUT2D eigenvalue weighted by Gasteiger charge is 2.39. The van der Waals surface area contributed by atoms with Crippen molar-refractivity contribution in [1.29, 1.82) is 0 Å². The minimum atomic E-state index is -4.77. The SMILES string of the molecule is CS(=O)(=O)c1ccc([S+](c2ccccc2)c2ccccc2)cc1C(F)(F)F. The molecule has 0 amide bonds. The van der Waals surface area contributed by atoms with Crippen molar-refractivity contribution >= 4 is 20.7 Å². The summed E-state index contributed by atoms with van der Waals surface area (Å²) in [4.78, 5) is 1.41. The zero-order valence-electron chi connectivity index (χ0n) is 14.3. The third-order valence-electron chi connectivity index (χ3n) is 3.85. The van der Waals surface area contributed by atoms with Crippen LogP contribution in [0.1, 0.15) is 5.56 Å². The lowest BCUT2D eigenvalue weighted by molar-refractivity contribution is -0.140. The molecule has 0 unspecified atom stereocenters. The number of hydrogen-bond acceptors (Lipinski definition) is 2. The molecule has 0 fully saturated rings. The van der Waals surface area contributed by atoms with E-state index >= 15 is 0 Å². The third-order valence-corrected chi connectivity index (χ3v) is 7.22. The van der Waals surface area contributed by atoms with Crippen LogP contribution in [0.25, 0.3) is 0 Å². The van der Waals surface area contributed by atoms with E-state index in [2.05, 4.69) is 0 Å². The Morgan fingerprint density at radius 2 is 1.22 bits per heavy atom. The Balaban J connectivity index is 2.25. The molecule has 0 bridgehead atoms. The molecule has 3 aromatic rings. The molecule has 2 nitrogen and oxygen atoms in total. The van der Waals surface area contributed by atoms with Crippen molar-refractivity contribution in [3.8, 4) is 0 Å². The second-order valence-electron chi connectivity index (χ2n) is 5.86. The van der Waals surface area contributed by atoms with Gasteiger partial charge in [-0.1, -0.05) is 36.4 Å². The fourth-order valence-corrected chi connectivity index (χ4v) is 5.71. The number of hydrogen-bond donors (Lipinski definition) is 0. The number of rotatable bonds is 4. The first kappa shape index (κ1) is 19.5. The minimum absolute atomic E-state index is 0.409. The van der Waals surface area contributed by atoms with E-state index in [0.29, 0.717) is 4.90 Å². The van der Waals surface area contributed by atoms with Gasteiger partial charge in [0, 0.05) is 12.3 Å². The summed E-state index contributed by atoms with van der Waals surface area (Å²) in [5.41, 5.74) is -1.13. The predicted molar refractivity (Wildman–Crippen MR) is 99.6 cm³/mol. The van der Waals surface area contributed by atoms with Gasteiger partial charge in [-0.05, 0) is 36.4 Å². The molecule has 0 saturated carbocycles. The van der Waals surface area contributed by atoms with Gasteiger partial charge in [0.05, 0.1) is 21.4 Å². The maximum absolute atomic E-state index is 13.6. The van der Waals surface area contributed by atoms with Crippen LogP contribution in [0.2, 0.25) is 0 Å². The fourth-order valence-electron chi connectivity index (χ4n) is 2.70. The van der Waals surface area contributed by atoms with E-state index < -0.39 is 37.4 Å². The maximum Gasteiger partial charge on any atom is 0.417 e. The van der Waals surface area contributed by atoms with Gasteiger partial charge in [0.25, 0.3) is 0 Å². The van der Waals surface area contributed by atoms with Gasteiger partial charge >= 0.3 is 6.18 Å². The first-order valence-corrected chi connectivity index (χ1v) is 11.1. The zero-order chi connectivity index (χ0) is 19.7. The van der Waals surface area contributed by atoms with Crippen molar-refractivity contribution in [1.82, 2.24) is 0 Å². The predicted octanol–water partition coefficient (Wildman–Crippen LogP) is 5.20. The van der Waals surface area contributed by atoms with E-state index in [4.69, 9.17) is 0 Å². The highest BCUT2D eigenvalue weighted by atomic mass is 32.2. The molecule has 0 heterocycles. The van der Waals surface area contributed by atoms with Gasteiger partial charge in [-0.25, -0.2) is 8.42 Å². The molecule has 0 spiro atoms. The van der Waals surface area contributed by atoms with Gasteiger partial charge < -0.3 is 0 Å². The van der Waals surface area contributed by atoms with Crippen molar-refractivity contribution in [3.63, 3.8) is 0 Å². The summed E-state index contributed by atoms with van der Waals surface area (Å²) in [5.74, 6) is 0. The second kappa shape index (κ2) is 7.40. The fraction of sp³-hybridized carbons (Fsp3) is 0.100. The largest absolute Gasteiger partial charge is 0.417 e. The average molecular weight is 409 g/mol. The van der Waals surface area contributed by atoms with Crippen molar-refractivity contribution in [2.75, 3.05) is 6.26 Å². The first-order chi connectivity index (χ1) is 12.7. The third kappa shape index (κ3) is 4.36. The molecule has 3 rings (SSSR count). The first-order valence-electron chi connectivity index (χ1n) is 7.93. The van der Waals surface area contributed by atoms with Crippen LogP contribution < -0.4 is 0 Å². The van der Waals surface area contributed by atoms with Crippen LogP contribution >= 0.6 is 0 Å². The molecule has 0 aliphatic carbocycles.